The number of rotatable bonds is 9. The summed E-state index contributed by atoms with van der Waals surface area (Å²) < 4.78 is 6.88. The van der Waals surface area contributed by atoms with Crippen LogP contribution in [0.1, 0.15) is 51.1 Å². The molecule has 156 valence electrons. The van der Waals surface area contributed by atoms with E-state index in [1.807, 2.05) is 18.3 Å². The number of hydrogen-bond donors (Lipinski definition) is 2. The van der Waals surface area contributed by atoms with Gasteiger partial charge in [-0.25, -0.2) is 14.6 Å². The third-order valence-corrected chi connectivity index (χ3v) is 4.83. The minimum atomic E-state index is -0.969. The van der Waals surface area contributed by atoms with Crippen molar-refractivity contribution in [3.63, 3.8) is 0 Å². The van der Waals surface area contributed by atoms with E-state index in [1.54, 1.807) is 36.4 Å². The number of hydrogen-bond acceptors (Lipinski definition) is 5. The molecule has 0 spiro atoms. The van der Waals surface area contributed by atoms with Crippen molar-refractivity contribution in [2.75, 3.05) is 12.4 Å². The van der Waals surface area contributed by atoms with Gasteiger partial charge >= 0.3 is 11.9 Å². The van der Waals surface area contributed by atoms with Crippen molar-refractivity contribution >= 4 is 17.6 Å². The molecule has 0 atom stereocenters. The van der Waals surface area contributed by atoms with Gasteiger partial charge in [-0.05, 0) is 36.2 Å². The number of imidazole rings is 1. The summed E-state index contributed by atoms with van der Waals surface area (Å²) in [5.41, 5.74) is 3.29. The number of nitrogens with one attached hydrogen (secondary N) is 1. The van der Waals surface area contributed by atoms with Crippen molar-refractivity contribution in [1.29, 1.82) is 0 Å². The average Bonchev–Trinajstić information content (AvgIpc) is 3.13. The molecule has 0 aliphatic carbocycles. The van der Waals surface area contributed by atoms with Crippen molar-refractivity contribution in [3.8, 4) is 0 Å². The molecule has 30 heavy (non-hydrogen) atoms. The second-order valence-corrected chi connectivity index (χ2v) is 6.89. The third kappa shape index (κ3) is 4.86. The highest BCUT2D eigenvalue weighted by Gasteiger charge is 2.13. The molecule has 1 aromatic heterocycles. The first-order valence-corrected chi connectivity index (χ1v) is 9.80. The van der Waals surface area contributed by atoms with E-state index in [1.165, 1.54) is 7.11 Å². The smallest absolute Gasteiger partial charge is 0.337 e. The fourth-order valence-corrected chi connectivity index (χ4v) is 3.27. The molecule has 2 N–H and O–H groups in total. The Morgan fingerprint density at radius 2 is 1.87 bits per heavy atom. The second-order valence-electron chi connectivity index (χ2n) is 6.89. The lowest BCUT2D eigenvalue weighted by atomic mass is 10.1. The van der Waals surface area contributed by atoms with Crippen LogP contribution in [-0.4, -0.2) is 33.7 Å². The predicted molar refractivity (Wildman–Crippen MR) is 114 cm³/mol. The van der Waals surface area contributed by atoms with Crippen LogP contribution in [0.3, 0.4) is 0 Å². The van der Waals surface area contributed by atoms with E-state index in [0.717, 1.165) is 29.9 Å². The highest BCUT2D eigenvalue weighted by molar-refractivity contribution is 5.94. The topological polar surface area (TPSA) is 93.5 Å². The number of esters is 1. The normalized spacial score (nSPS) is 10.6. The van der Waals surface area contributed by atoms with E-state index in [9.17, 15) is 14.7 Å². The van der Waals surface area contributed by atoms with E-state index >= 15 is 0 Å². The van der Waals surface area contributed by atoms with Gasteiger partial charge in [-0.3, -0.25) is 0 Å². The van der Waals surface area contributed by atoms with Gasteiger partial charge in [-0.1, -0.05) is 31.2 Å². The zero-order chi connectivity index (χ0) is 21.5. The number of para-hydroxylation sites is 1. The fraction of sp³-hybridized carbons (Fsp3) is 0.261. The van der Waals surface area contributed by atoms with Crippen LogP contribution >= 0.6 is 0 Å². The Labute approximate surface area is 175 Å². The van der Waals surface area contributed by atoms with E-state index in [-0.39, 0.29) is 11.5 Å². The van der Waals surface area contributed by atoms with Crippen LogP contribution in [-0.2, 0) is 24.2 Å². The molecule has 7 heteroatoms. The Morgan fingerprint density at radius 3 is 2.53 bits per heavy atom. The maximum atomic E-state index is 11.6. The van der Waals surface area contributed by atoms with Crippen LogP contribution in [0.2, 0.25) is 0 Å². The van der Waals surface area contributed by atoms with Gasteiger partial charge in [0.15, 0.2) is 0 Å². The summed E-state index contributed by atoms with van der Waals surface area (Å²) in [5, 5.41) is 12.6. The van der Waals surface area contributed by atoms with E-state index in [4.69, 9.17) is 4.74 Å². The number of anilines is 1. The molecular weight excluding hydrogens is 382 g/mol. The standard InChI is InChI=1S/C23H25N3O4/c1-3-6-21-25-14-18(13-24-20-8-5-4-7-19(20)22(27)28)26(21)15-16-9-11-17(12-10-16)23(29)30-2/h4-5,7-12,14,24H,3,6,13,15H2,1-2H3,(H,27,28). The first-order chi connectivity index (χ1) is 14.5. The summed E-state index contributed by atoms with van der Waals surface area (Å²) in [6.07, 6.45) is 3.63. The summed E-state index contributed by atoms with van der Waals surface area (Å²) in [6.45, 7) is 3.15. The van der Waals surface area contributed by atoms with Crippen molar-refractivity contribution < 1.29 is 19.4 Å². The second kappa shape index (κ2) is 9.73. The summed E-state index contributed by atoms with van der Waals surface area (Å²) in [6, 6.07) is 14.1. The SMILES string of the molecule is CCCc1ncc(CNc2ccccc2C(=O)O)n1Cc1ccc(C(=O)OC)cc1. The maximum Gasteiger partial charge on any atom is 0.337 e. The van der Waals surface area contributed by atoms with Crippen LogP contribution < -0.4 is 5.32 Å². The number of nitrogens with zero attached hydrogens (tertiary/aromatic N) is 2. The van der Waals surface area contributed by atoms with Crippen LogP contribution in [0.15, 0.2) is 54.7 Å². The Kier molecular flexibility index (Phi) is 6.85. The molecule has 0 amide bonds. The number of aromatic carboxylic acids is 1. The van der Waals surface area contributed by atoms with Gasteiger partial charge in [0, 0.05) is 18.7 Å². The molecule has 0 radical (unpaired) electrons. The average molecular weight is 407 g/mol. The molecule has 0 aliphatic rings. The first-order valence-electron chi connectivity index (χ1n) is 9.80. The number of aromatic nitrogens is 2. The van der Waals surface area contributed by atoms with Crippen molar-refractivity contribution in [2.45, 2.75) is 32.9 Å². The van der Waals surface area contributed by atoms with Gasteiger partial charge in [0.1, 0.15) is 5.82 Å². The number of carbonyl (C=O) groups is 2. The van der Waals surface area contributed by atoms with Gasteiger partial charge in [-0.15, -0.1) is 0 Å². The Hall–Kier alpha value is -3.61. The molecule has 0 aliphatic heterocycles. The highest BCUT2D eigenvalue weighted by atomic mass is 16.5. The predicted octanol–water partition coefficient (Wildman–Crippen LogP) is 3.98. The van der Waals surface area contributed by atoms with E-state index in [2.05, 4.69) is 21.8 Å². The van der Waals surface area contributed by atoms with Gasteiger partial charge in [0.05, 0.1) is 36.7 Å². The highest BCUT2D eigenvalue weighted by Crippen LogP contribution is 2.18. The van der Waals surface area contributed by atoms with Crippen LogP contribution in [0.4, 0.5) is 5.69 Å². The Morgan fingerprint density at radius 1 is 1.13 bits per heavy atom. The zero-order valence-corrected chi connectivity index (χ0v) is 17.1. The monoisotopic (exact) mass is 407 g/mol. The van der Waals surface area contributed by atoms with Crippen LogP contribution in [0, 0.1) is 0 Å². The summed E-state index contributed by atoms with van der Waals surface area (Å²) in [4.78, 5) is 27.6. The number of carboxylic acids is 1. The summed E-state index contributed by atoms with van der Waals surface area (Å²) >= 11 is 0. The minimum absolute atomic E-state index is 0.232. The summed E-state index contributed by atoms with van der Waals surface area (Å²) in [7, 11) is 1.36. The molecule has 2 aromatic carbocycles. The lowest BCUT2D eigenvalue weighted by molar-refractivity contribution is 0.0599. The van der Waals surface area contributed by atoms with Crippen LogP contribution in [0.5, 0.6) is 0 Å². The molecule has 0 fully saturated rings. The molecule has 0 saturated carbocycles. The van der Waals surface area contributed by atoms with Gasteiger partial charge in [-0.2, -0.15) is 0 Å². The fourth-order valence-electron chi connectivity index (χ4n) is 3.27. The quantitative estimate of drug-likeness (QED) is 0.521. The minimum Gasteiger partial charge on any atom is -0.478 e. The van der Waals surface area contributed by atoms with Gasteiger partial charge in [0.2, 0.25) is 0 Å². The van der Waals surface area contributed by atoms with Crippen LogP contribution in [0.25, 0.3) is 0 Å². The number of benzene rings is 2. The van der Waals surface area contributed by atoms with E-state index < -0.39 is 5.97 Å². The maximum absolute atomic E-state index is 11.6. The Balaban J connectivity index is 1.81. The molecule has 0 saturated heterocycles. The largest absolute Gasteiger partial charge is 0.478 e. The number of aryl methyl sites for hydroxylation is 1. The number of carbonyl (C=O) groups excluding carboxylic acids is 1. The molecular formula is C23H25N3O4. The lowest BCUT2D eigenvalue weighted by Crippen LogP contribution is -2.13. The van der Waals surface area contributed by atoms with Crippen molar-refractivity contribution in [3.05, 3.63) is 82.9 Å². The first kappa shape index (κ1) is 21.1. The number of ether oxygens (including phenoxy) is 1. The molecule has 7 nitrogen and oxygen atoms in total. The molecule has 0 bridgehead atoms. The lowest BCUT2D eigenvalue weighted by Gasteiger charge is -2.14. The summed E-state index contributed by atoms with van der Waals surface area (Å²) in [5.74, 6) is -0.361. The number of carboxylic acid groups (broad SMARTS) is 1. The van der Waals surface area contributed by atoms with Crippen molar-refractivity contribution in [2.24, 2.45) is 0 Å². The molecule has 1 heterocycles. The van der Waals surface area contributed by atoms with Crippen molar-refractivity contribution in [1.82, 2.24) is 9.55 Å². The van der Waals surface area contributed by atoms with Gasteiger partial charge < -0.3 is 19.7 Å². The Bertz CT molecular complexity index is 1030. The van der Waals surface area contributed by atoms with Gasteiger partial charge in [0.25, 0.3) is 0 Å². The zero-order valence-electron chi connectivity index (χ0n) is 17.1. The number of methoxy groups -OCH3 is 1. The molecule has 3 aromatic rings. The molecule has 0 unspecified atom stereocenters. The third-order valence-electron chi connectivity index (χ3n) is 4.83. The molecule has 3 rings (SSSR count). The van der Waals surface area contributed by atoms with E-state index in [0.29, 0.717) is 24.3 Å².